The van der Waals surface area contributed by atoms with E-state index in [4.69, 9.17) is 21.1 Å². The summed E-state index contributed by atoms with van der Waals surface area (Å²) in [5, 5.41) is 13.4. The van der Waals surface area contributed by atoms with E-state index >= 15 is 0 Å². The SMILES string of the molecule is COc1c(NC(=O)CN(C)C(=O)c2ccccc2C(=O)O)ccc(Cl)c1COc1cccc2ccc(C)nc12. The molecular formula is C29H26ClN3O6. The number of nitrogens with one attached hydrogen (secondary N) is 1. The number of rotatable bonds is 9. The summed E-state index contributed by atoms with van der Waals surface area (Å²) >= 11 is 6.47. The van der Waals surface area contributed by atoms with Crippen LogP contribution >= 0.6 is 11.6 Å². The van der Waals surface area contributed by atoms with Crippen LogP contribution < -0.4 is 14.8 Å². The van der Waals surface area contributed by atoms with Crippen molar-refractivity contribution in [2.75, 3.05) is 26.0 Å². The molecule has 0 aliphatic rings. The van der Waals surface area contributed by atoms with Gasteiger partial charge in [0.1, 0.15) is 23.6 Å². The third kappa shape index (κ3) is 6.10. The minimum Gasteiger partial charge on any atom is -0.494 e. The van der Waals surface area contributed by atoms with E-state index in [9.17, 15) is 19.5 Å². The highest BCUT2D eigenvalue weighted by Gasteiger charge is 2.22. The molecule has 39 heavy (non-hydrogen) atoms. The number of hydrogen-bond donors (Lipinski definition) is 2. The first-order chi connectivity index (χ1) is 18.7. The van der Waals surface area contributed by atoms with Crippen molar-refractivity contribution < 1.29 is 29.0 Å². The number of anilines is 1. The molecule has 4 aromatic rings. The standard InChI is InChI=1S/C29H26ClN3O6/c1-17-11-12-18-7-6-10-24(26(18)31-17)39-16-21-22(30)13-14-23(27(21)38-3)32-25(34)15-33(2)28(35)19-8-4-5-9-20(19)29(36)37/h4-14H,15-16H2,1-3H3,(H,32,34)(H,36,37). The number of aromatic carboxylic acids is 1. The fraction of sp³-hybridized carbons (Fsp3) is 0.172. The van der Waals surface area contributed by atoms with E-state index in [1.54, 1.807) is 18.2 Å². The van der Waals surface area contributed by atoms with Gasteiger partial charge in [0.05, 0.1) is 41.1 Å². The minimum atomic E-state index is -1.23. The number of carbonyl (C=O) groups is 3. The number of halogens is 1. The van der Waals surface area contributed by atoms with Crippen molar-refractivity contribution in [3.05, 3.63) is 94.1 Å². The Morgan fingerprint density at radius 2 is 1.74 bits per heavy atom. The molecule has 4 rings (SSSR count). The summed E-state index contributed by atoms with van der Waals surface area (Å²) in [6.45, 7) is 1.62. The molecule has 1 heterocycles. The first-order valence-corrected chi connectivity index (χ1v) is 12.3. The van der Waals surface area contributed by atoms with Gasteiger partial charge in [-0.15, -0.1) is 0 Å². The maximum absolute atomic E-state index is 12.9. The Labute approximate surface area is 229 Å². The van der Waals surface area contributed by atoms with E-state index in [1.165, 1.54) is 32.4 Å². The third-order valence-electron chi connectivity index (χ3n) is 5.99. The Morgan fingerprint density at radius 1 is 1.00 bits per heavy atom. The summed E-state index contributed by atoms with van der Waals surface area (Å²) in [6.07, 6.45) is 0. The summed E-state index contributed by atoms with van der Waals surface area (Å²) in [5.41, 5.74) is 2.27. The zero-order valence-corrected chi connectivity index (χ0v) is 22.3. The normalized spacial score (nSPS) is 10.7. The molecule has 1 aromatic heterocycles. The first-order valence-electron chi connectivity index (χ1n) is 11.9. The average molecular weight is 548 g/mol. The number of hydrogen-bond acceptors (Lipinski definition) is 6. The molecule has 0 radical (unpaired) electrons. The lowest BCUT2D eigenvalue weighted by atomic mass is 10.1. The lowest BCUT2D eigenvalue weighted by molar-refractivity contribution is -0.116. The molecule has 0 saturated carbocycles. The van der Waals surface area contributed by atoms with Crippen molar-refractivity contribution in [3.63, 3.8) is 0 Å². The topological polar surface area (TPSA) is 118 Å². The van der Waals surface area contributed by atoms with Gasteiger partial charge in [0.2, 0.25) is 5.91 Å². The lowest BCUT2D eigenvalue weighted by Crippen LogP contribution is -2.35. The Balaban J connectivity index is 1.51. The van der Waals surface area contributed by atoms with E-state index in [-0.39, 0.29) is 24.3 Å². The molecule has 2 N–H and O–H groups in total. The van der Waals surface area contributed by atoms with Crippen LogP contribution in [0.15, 0.2) is 66.7 Å². The molecule has 200 valence electrons. The lowest BCUT2D eigenvalue weighted by Gasteiger charge is -2.20. The van der Waals surface area contributed by atoms with Gasteiger partial charge in [-0.2, -0.15) is 0 Å². The number of ether oxygens (including phenoxy) is 2. The monoisotopic (exact) mass is 547 g/mol. The molecule has 0 saturated heterocycles. The minimum absolute atomic E-state index is 0.0121. The number of benzene rings is 3. The second-order valence-electron chi connectivity index (χ2n) is 8.74. The van der Waals surface area contributed by atoms with Crippen LogP contribution in [0, 0.1) is 6.92 Å². The number of nitrogens with zero attached hydrogens (tertiary/aromatic N) is 2. The summed E-state index contributed by atoms with van der Waals surface area (Å²) in [6, 6.07) is 18.6. The van der Waals surface area contributed by atoms with Crippen LogP contribution in [0.4, 0.5) is 5.69 Å². The molecule has 0 atom stereocenters. The molecular weight excluding hydrogens is 522 g/mol. The van der Waals surface area contributed by atoms with Crippen molar-refractivity contribution in [1.82, 2.24) is 9.88 Å². The molecule has 0 unspecified atom stereocenters. The van der Waals surface area contributed by atoms with E-state index in [0.717, 1.165) is 16.0 Å². The number of carbonyl (C=O) groups excluding carboxylic acids is 2. The van der Waals surface area contributed by atoms with Gasteiger partial charge >= 0.3 is 5.97 Å². The summed E-state index contributed by atoms with van der Waals surface area (Å²) < 4.78 is 11.7. The Bertz CT molecular complexity index is 1570. The maximum Gasteiger partial charge on any atom is 0.336 e. The number of carboxylic acid groups (broad SMARTS) is 1. The number of amides is 2. The molecule has 9 nitrogen and oxygen atoms in total. The smallest absolute Gasteiger partial charge is 0.336 e. The third-order valence-corrected chi connectivity index (χ3v) is 6.35. The van der Waals surface area contributed by atoms with Crippen molar-refractivity contribution in [2.45, 2.75) is 13.5 Å². The van der Waals surface area contributed by atoms with Crippen molar-refractivity contribution in [2.24, 2.45) is 0 Å². The number of methoxy groups -OCH3 is 1. The van der Waals surface area contributed by atoms with Crippen LogP contribution in [-0.4, -0.2) is 53.5 Å². The van der Waals surface area contributed by atoms with Gasteiger partial charge in [-0.25, -0.2) is 9.78 Å². The highest BCUT2D eigenvalue weighted by Crippen LogP contribution is 2.36. The van der Waals surface area contributed by atoms with Crippen molar-refractivity contribution >= 4 is 46.0 Å². The summed E-state index contributed by atoms with van der Waals surface area (Å²) in [5.74, 6) is -1.46. The van der Waals surface area contributed by atoms with Crippen LogP contribution in [0.2, 0.25) is 5.02 Å². The number of para-hydroxylation sites is 1. The van der Waals surface area contributed by atoms with Crippen LogP contribution in [0.1, 0.15) is 32.0 Å². The number of aryl methyl sites for hydroxylation is 1. The van der Waals surface area contributed by atoms with Gasteiger partial charge in [0, 0.05) is 18.1 Å². The summed E-state index contributed by atoms with van der Waals surface area (Å²) in [7, 11) is 2.87. The van der Waals surface area contributed by atoms with E-state index in [0.29, 0.717) is 33.3 Å². The van der Waals surface area contributed by atoms with Gasteiger partial charge in [-0.1, -0.05) is 41.9 Å². The number of fused-ring (bicyclic) bond motifs is 1. The van der Waals surface area contributed by atoms with Crippen molar-refractivity contribution in [3.8, 4) is 11.5 Å². The van der Waals surface area contributed by atoms with E-state index < -0.39 is 17.8 Å². The van der Waals surface area contributed by atoms with E-state index in [2.05, 4.69) is 10.3 Å². The van der Waals surface area contributed by atoms with Crippen LogP contribution in [0.25, 0.3) is 10.9 Å². The molecule has 0 bridgehead atoms. The zero-order chi connectivity index (χ0) is 28.1. The molecule has 0 aliphatic heterocycles. The summed E-state index contributed by atoms with van der Waals surface area (Å²) in [4.78, 5) is 42.9. The maximum atomic E-state index is 12.9. The number of pyridine rings is 1. The highest BCUT2D eigenvalue weighted by molar-refractivity contribution is 6.31. The van der Waals surface area contributed by atoms with Gasteiger partial charge in [0.25, 0.3) is 5.91 Å². The zero-order valence-electron chi connectivity index (χ0n) is 21.5. The largest absolute Gasteiger partial charge is 0.494 e. The van der Waals surface area contributed by atoms with Crippen LogP contribution in [0.5, 0.6) is 11.5 Å². The second-order valence-corrected chi connectivity index (χ2v) is 9.14. The molecule has 10 heteroatoms. The Hall–Kier alpha value is -4.63. The molecule has 0 fully saturated rings. The fourth-order valence-corrected chi connectivity index (χ4v) is 4.30. The van der Waals surface area contributed by atoms with Crippen molar-refractivity contribution in [1.29, 1.82) is 0 Å². The fourth-order valence-electron chi connectivity index (χ4n) is 4.09. The molecule has 2 amide bonds. The van der Waals surface area contributed by atoms with Gasteiger partial charge in [0.15, 0.2) is 0 Å². The quantitative estimate of drug-likeness (QED) is 0.296. The number of carboxylic acids is 1. The van der Waals surface area contributed by atoms with Gasteiger partial charge < -0.3 is 24.8 Å². The van der Waals surface area contributed by atoms with Crippen LogP contribution in [0.3, 0.4) is 0 Å². The highest BCUT2D eigenvalue weighted by atomic mass is 35.5. The average Bonchev–Trinajstić information content (AvgIpc) is 2.92. The molecule has 3 aromatic carbocycles. The second kappa shape index (κ2) is 11.8. The van der Waals surface area contributed by atoms with Gasteiger partial charge in [-0.3, -0.25) is 9.59 Å². The van der Waals surface area contributed by atoms with E-state index in [1.807, 2.05) is 37.3 Å². The predicted octanol–water partition coefficient (Wildman–Crippen LogP) is 5.19. The first kappa shape index (κ1) is 27.4. The Morgan fingerprint density at radius 3 is 2.46 bits per heavy atom. The number of likely N-dealkylation sites (N-methyl/N-ethyl adjacent to an activating group) is 1. The predicted molar refractivity (Wildman–Crippen MR) is 148 cm³/mol. The Kier molecular flexibility index (Phi) is 8.31. The van der Waals surface area contributed by atoms with Gasteiger partial charge in [-0.05, 0) is 43.3 Å². The molecule has 0 aliphatic carbocycles. The van der Waals surface area contributed by atoms with Crippen LogP contribution in [-0.2, 0) is 11.4 Å². The molecule has 0 spiro atoms. The number of aromatic nitrogens is 1.